The fourth-order valence-corrected chi connectivity index (χ4v) is 3.88. The summed E-state index contributed by atoms with van der Waals surface area (Å²) in [5.41, 5.74) is 0.738. The number of amides is 2. The molecule has 2 heterocycles. The number of halogens is 1. The zero-order valence-electron chi connectivity index (χ0n) is 14.7. The number of anilines is 1. The van der Waals surface area contributed by atoms with Crippen LogP contribution in [-0.2, 0) is 0 Å². The predicted octanol–water partition coefficient (Wildman–Crippen LogP) is 4.13. The molecule has 0 spiro atoms. The number of fused-ring (bicyclic) bond motifs is 4. The first kappa shape index (κ1) is 16.8. The van der Waals surface area contributed by atoms with Crippen molar-refractivity contribution in [2.45, 2.75) is 25.1 Å². The second-order valence-electron chi connectivity index (χ2n) is 6.54. The number of hydrogen-bond donors (Lipinski definition) is 1. The SMILES string of the molecule is COc1ccc(N2C(=O)N[C@H]3C[C@@]2(C)Oc2ccc(Cl)cc23)cc1OC. The molecule has 26 heavy (non-hydrogen) atoms. The van der Waals surface area contributed by atoms with E-state index in [1.165, 1.54) is 0 Å². The smallest absolute Gasteiger partial charge is 0.325 e. The molecule has 2 aliphatic heterocycles. The van der Waals surface area contributed by atoms with Gasteiger partial charge in [0.15, 0.2) is 17.2 Å². The number of nitrogens with one attached hydrogen (secondary N) is 1. The van der Waals surface area contributed by atoms with Crippen molar-refractivity contribution in [1.29, 1.82) is 0 Å². The summed E-state index contributed by atoms with van der Waals surface area (Å²) < 4.78 is 16.9. The van der Waals surface area contributed by atoms with Gasteiger partial charge in [0.1, 0.15) is 5.75 Å². The molecule has 136 valence electrons. The minimum Gasteiger partial charge on any atom is -0.493 e. The Morgan fingerprint density at radius 3 is 2.69 bits per heavy atom. The highest BCUT2D eigenvalue weighted by molar-refractivity contribution is 6.30. The molecule has 2 aromatic rings. The number of ether oxygens (including phenoxy) is 3. The number of hydrogen-bond acceptors (Lipinski definition) is 4. The van der Waals surface area contributed by atoms with E-state index in [-0.39, 0.29) is 12.1 Å². The van der Waals surface area contributed by atoms with Crippen molar-refractivity contribution in [3.63, 3.8) is 0 Å². The Bertz CT molecular complexity index is 888. The number of urea groups is 1. The summed E-state index contributed by atoms with van der Waals surface area (Å²) in [6.45, 7) is 1.91. The molecule has 0 unspecified atom stereocenters. The third-order valence-corrected chi connectivity index (χ3v) is 5.09. The molecule has 2 aromatic carbocycles. The van der Waals surface area contributed by atoms with Gasteiger partial charge in [0.05, 0.1) is 25.9 Å². The molecule has 1 N–H and O–H groups in total. The second-order valence-corrected chi connectivity index (χ2v) is 6.98. The summed E-state index contributed by atoms with van der Waals surface area (Å²) in [5.74, 6) is 1.87. The highest BCUT2D eigenvalue weighted by atomic mass is 35.5. The van der Waals surface area contributed by atoms with Crippen LogP contribution in [0.4, 0.5) is 10.5 Å². The van der Waals surface area contributed by atoms with Gasteiger partial charge in [-0.1, -0.05) is 11.6 Å². The molecule has 0 radical (unpaired) electrons. The van der Waals surface area contributed by atoms with Crippen molar-refractivity contribution in [1.82, 2.24) is 5.32 Å². The lowest BCUT2D eigenvalue weighted by Crippen LogP contribution is -2.65. The van der Waals surface area contributed by atoms with Crippen LogP contribution in [0.2, 0.25) is 5.02 Å². The largest absolute Gasteiger partial charge is 0.493 e. The molecule has 1 saturated heterocycles. The second kappa shape index (κ2) is 5.99. The van der Waals surface area contributed by atoms with Crippen LogP contribution in [0, 0.1) is 0 Å². The fraction of sp³-hybridized carbons (Fsp3) is 0.316. The Morgan fingerprint density at radius 2 is 1.96 bits per heavy atom. The van der Waals surface area contributed by atoms with E-state index in [4.69, 9.17) is 25.8 Å². The average molecular weight is 375 g/mol. The summed E-state index contributed by atoms with van der Waals surface area (Å²) in [7, 11) is 3.14. The van der Waals surface area contributed by atoms with Crippen molar-refractivity contribution in [3.8, 4) is 17.2 Å². The molecule has 2 amide bonds. The first-order valence-corrected chi connectivity index (χ1v) is 8.64. The van der Waals surface area contributed by atoms with Gasteiger partial charge >= 0.3 is 6.03 Å². The van der Waals surface area contributed by atoms with E-state index in [1.807, 2.05) is 25.1 Å². The van der Waals surface area contributed by atoms with Gasteiger partial charge in [0.25, 0.3) is 0 Å². The van der Waals surface area contributed by atoms with Crippen molar-refractivity contribution < 1.29 is 19.0 Å². The molecule has 2 atom stereocenters. The zero-order chi connectivity index (χ0) is 18.5. The van der Waals surface area contributed by atoms with Gasteiger partial charge in [-0.15, -0.1) is 0 Å². The number of carbonyl (C=O) groups excluding carboxylic acids is 1. The van der Waals surface area contributed by atoms with Gasteiger partial charge in [0, 0.05) is 23.1 Å². The normalized spacial score (nSPS) is 23.6. The topological polar surface area (TPSA) is 60.0 Å². The summed E-state index contributed by atoms with van der Waals surface area (Å²) in [6.07, 6.45) is 0.598. The number of nitrogens with zero attached hydrogens (tertiary/aromatic N) is 1. The summed E-state index contributed by atoms with van der Waals surface area (Å²) in [5, 5.41) is 3.67. The van der Waals surface area contributed by atoms with Gasteiger partial charge in [0.2, 0.25) is 0 Å². The third-order valence-electron chi connectivity index (χ3n) is 4.86. The lowest BCUT2D eigenvalue weighted by molar-refractivity contribution is 0.0378. The molecule has 2 aliphatic rings. The van der Waals surface area contributed by atoms with Crippen LogP contribution in [0.15, 0.2) is 36.4 Å². The molecule has 6 nitrogen and oxygen atoms in total. The summed E-state index contributed by atoms with van der Waals surface area (Å²) >= 11 is 6.11. The van der Waals surface area contributed by atoms with Crippen LogP contribution in [0.1, 0.15) is 24.9 Å². The van der Waals surface area contributed by atoms with Gasteiger partial charge in [-0.25, -0.2) is 4.79 Å². The Hall–Kier alpha value is -2.60. The van der Waals surface area contributed by atoms with Crippen LogP contribution in [-0.4, -0.2) is 26.0 Å². The Kier molecular flexibility index (Phi) is 3.88. The van der Waals surface area contributed by atoms with Crippen LogP contribution in [0.3, 0.4) is 0 Å². The van der Waals surface area contributed by atoms with E-state index >= 15 is 0 Å². The van der Waals surface area contributed by atoms with Gasteiger partial charge in [-0.05, 0) is 37.3 Å². The molecular weight excluding hydrogens is 356 g/mol. The van der Waals surface area contributed by atoms with E-state index in [1.54, 1.807) is 37.3 Å². The first-order chi connectivity index (χ1) is 12.4. The van der Waals surface area contributed by atoms with Crippen molar-refractivity contribution >= 4 is 23.3 Å². The van der Waals surface area contributed by atoms with Gasteiger partial charge in [-0.3, -0.25) is 4.90 Å². The van der Waals surface area contributed by atoms with E-state index in [0.29, 0.717) is 28.6 Å². The number of methoxy groups -OCH3 is 2. The molecule has 0 aromatic heterocycles. The minimum atomic E-state index is -0.826. The molecule has 0 aliphatic carbocycles. The molecule has 2 bridgehead atoms. The lowest BCUT2D eigenvalue weighted by atomic mass is 9.90. The summed E-state index contributed by atoms with van der Waals surface area (Å²) in [4.78, 5) is 14.5. The van der Waals surface area contributed by atoms with Gasteiger partial charge in [-0.2, -0.15) is 0 Å². The monoisotopic (exact) mass is 374 g/mol. The summed E-state index contributed by atoms with van der Waals surface area (Å²) in [6, 6.07) is 10.4. The van der Waals surface area contributed by atoms with Crippen molar-refractivity contribution in [2.24, 2.45) is 0 Å². The Labute approximate surface area is 156 Å². The van der Waals surface area contributed by atoms with Gasteiger partial charge < -0.3 is 19.5 Å². The lowest BCUT2D eigenvalue weighted by Gasteiger charge is -2.50. The first-order valence-electron chi connectivity index (χ1n) is 8.26. The quantitative estimate of drug-likeness (QED) is 0.877. The highest BCUT2D eigenvalue weighted by Crippen LogP contribution is 2.47. The number of carbonyl (C=O) groups is 1. The maximum absolute atomic E-state index is 12.9. The third kappa shape index (κ3) is 2.52. The zero-order valence-corrected chi connectivity index (χ0v) is 15.5. The highest BCUT2D eigenvalue weighted by Gasteiger charge is 2.50. The molecule has 7 heteroatoms. The molecular formula is C19H19ClN2O4. The maximum atomic E-state index is 12.9. The average Bonchev–Trinajstić information content (AvgIpc) is 2.61. The Morgan fingerprint density at radius 1 is 1.19 bits per heavy atom. The van der Waals surface area contributed by atoms with E-state index in [2.05, 4.69) is 5.32 Å². The standard InChI is InChI=1S/C19H19ClN2O4/c1-19-10-14(13-8-11(20)4-6-15(13)26-19)21-18(23)22(19)12-5-7-16(24-2)17(9-12)25-3/h4-9,14H,10H2,1-3H3,(H,21,23)/t14-,19+/m0/s1. The minimum absolute atomic E-state index is 0.147. The van der Waals surface area contributed by atoms with Crippen molar-refractivity contribution in [3.05, 3.63) is 47.0 Å². The fourth-order valence-electron chi connectivity index (χ4n) is 3.70. The van der Waals surface area contributed by atoms with E-state index < -0.39 is 5.72 Å². The molecule has 0 saturated carbocycles. The Balaban J connectivity index is 1.77. The van der Waals surface area contributed by atoms with Crippen LogP contribution in [0.5, 0.6) is 17.2 Å². The number of rotatable bonds is 3. The van der Waals surface area contributed by atoms with Crippen LogP contribution in [0.25, 0.3) is 0 Å². The van der Waals surface area contributed by atoms with E-state index in [0.717, 1.165) is 11.3 Å². The van der Waals surface area contributed by atoms with E-state index in [9.17, 15) is 4.79 Å². The maximum Gasteiger partial charge on any atom is 0.325 e. The van der Waals surface area contributed by atoms with Crippen molar-refractivity contribution in [2.75, 3.05) is 19.1 Å². The number of benzene rings is 2. The van der Waals surface area contributed by atoms with Crippen LogP contribution < -0.4 is 24.4 Å². The molecule has 1 fully saturated rings. The van der Waals surface area contributed by atoms with Crippen LogP contribution >= 0.6 is 11.6 Å². The molecule has 4 rings (SSSR count). The predicted molar refractivity (Wildman–Crippen MR) is 98.4 cm³/mol.